The summed E-state index contributed by atoms with van der Waals surface area (Å²) in [4.78, 5) is 10.5. The average Bonchev–Trinajstić information content (AvgIpc) is 1.84. The molecule has 0 aliphatic heterocycles. The Hall–Kier alpha value is -0.370. The van der Waals surface area contributed by atoms with Gasteiger partial charge in [-0.1, -0.05) is 13.8 Å². The van der Waals surface area contributed by atoms with Crippen molar-refractivity contribution in [1.82, 2.24) is 0 Å². The maximum atomic E-state index is 10.5. The van der Waals surface area contributed by atoms with Crippen molar-refractivity contribution in [3.63, 3.8) is 0 Å². The monoisotopic (exact) mass is 115 g/mol. The molecule has 0 heterocycles. The van der Waals surface area contributed by atoms with Crippen LogP contribution in [0.3, 0.4) is 0 Å². The SMILES string of the molecule is CC[C](O)C(=O)CC. The molecule has 0 saturated heterocycles. The molecule has 0 aromatic heterocycles. The number of hydrogen-bond acceptors (Lipinski definition) is 2. The average molecular weight is 115 g/mol. The number of ketones is 1. The fraction of sp³-hybridized carbons (Fsp3) is 0.667. The summed E-state index contributed by atoms with van der Waals surface area (Å²) in [6.45, 7) is 3.48. The molecule has 0 unspecified atom stereocenters. The summed E-state index contributed by atoms with van der Waals surface area (Å²) in [7, 11) is 0. The Morgan fingerprint density at radius 3 is 2.00 bits per heavy atom. The highest BCUT2D eigenvalue weighted by Crippen LogP contribution is 2.02. The van der Waals surface area contributed by atoms with Gasteiger partial charge in [-0.15, -0.1) is 0 Å². The molecule has 0 amide bonds. The van der Waals surface area contributed by atoms with Crippen LogP contribution in [0.15, 0.2) is 0 Å². The number of hydrogen-bond donors (Lipinski definition) is 1. The van der Waals surface area contributed by atoms with Gasteiger partial charge in [-0.3, -0.25) is 4.79 Å². The molecule has 0 spiro atoms. The molecular formula is C6H11O2. The van der Waals surface area contributed by atoms with Crippen LogP contribution in [0.25, 0.3) is 0 Å². The van der Waals surface area contributed by atoms with Crippen LogP contribution in [0.1, 0.15) is 26.7 Å². The third-order valence-electron chi connectivity index (χ3n) is 0.978. The van der Waals surface area contributed by atoms with Gasteiger partial charge in [0.25, 0.3) is 0 Å². The standard InChI is InChI=1S/C6H11O2/c1-3-5(7)6(8)4-2/h7H,3-4H2,1-2H3. The van der Waals surface area contributed by atoms with Gasteiger partial charge in [0.2, 0.25) is 0 Å². The molecule has 0 fully saturated rings. The molecule has 8 heavy (non-hydrogen) atoms. The van der Waals surface area contributed by atoms with Crippen LogP contribution in [0.2, 0.25) is 0 Å². The van der Waals surface area contributed by atoms with Crippen LogP contribution in [0, 0.1) is 6.10 Å². The zero-order valence-electron chi connectivity index (χ0n) is 5.27. The maximum absolute atomic E-state index is 10.5. The molecule has 0 aromatic carbocycles. The molecule has 0 atom stereocenters. The summed E-state index contributed by atoms with van der Waals surface area (Å²) < 4.78 is 0. The van der Waals surface area contributed by atoms with E-state index in [9.17, 15) is 4.79 Å². The van der Waals surface area contributed by atoms with Crippen molar-refractivity contribution in [1.29, 1.82) is 0 Å². The minimum Gasteiger partial charge on any atom is -0.379 e. The van der Waals surface area contributed by atoms with Gasteiger partial charge in [-0.2, -0.15) is 0 Å². The predicted octanol–water partition coefficient (Wildman–Crippen LogP) is 1.28. The molecule has 0 rings (SSSR count). The molecule has 1 N–H and O–H groups in total. The first kappa shape index (κ1) is 7.63. The predicted molar refractivity (Wildman–Crippen MR) is 30.8 cm³/mol. The Kier molecular flexibility index (Phi) is 3.44. The molecular weight excluding hydrogens is 104 g/mol. The lowest BCUT2D eigenvalue weighted by Gasteiger charge is -1.99. The van der Waals surface area contributed by atoms with Crippen molar-refractivity contribution in [2.24, 2.45) is 0 Å². The van der Waals surface area contributed by atoms with Crippen molar-refractivity contribution in [2.75, 3.05) is 0 Å². The van der Waals surface area contributed by atoms with Gasteiger partial charge in [0, 0.05) is 6.42 Å². The quantitative estimate of drug-likeness (QED) is 0.601. The third-order valence-corrected chi connectivity index (χ3v) is 0.978. The third kappa shape index (κ3) is 2.07. The molecule has 0 saturated carbocycles. The van der Waals surface area contributed by atoms with Gasteiger partial charge in [-0.05, 0) is 6.42 Å². The van der Waals surface area contributed by atoms with Crippen molar-refractivity contribution >= 4 is 5.78 Å². The second kappa shape index (κ2) is 3.61. The summed E-state index contributed by atoms with van der Waals surface area (Å²) in [5, 5.41) is 8.69. The van der Waals surface area contributed by atoms with Gasteiger partial charge in [0.15, 0.2) is 11.9 Å². The van der Waals surface area contributed by atoms with Gasteiger partial charge in [0.05, 0.1) is 0 Å². The van der Waals surface area contributed by atoms with E-state index in [2.05, 4.69) is 0 Å². The van der Waals surface area contributed by atoms with Gasteiger partial charge in [-0.25, -0.2) is 0 Å². The van der Waals surface area contributed by atoms with Crippen LogP contribution in [0.4, 0.5) is 0 Å². The lowest BCUT2D eigenvalue weighted by molar-refractivity contribution is -0.121. The Morgan fingerprint density at radius 1 is 1.38 bits per heavy atom. The lowest BCUT2D eigenvalue weighted by Crippen LogP contribution is -2.07. The van der Waals surface area contributed by atoms with Crippen LogP contribution >= 0.6 is 0 Å². The summed E-state index contributed by atoms with van der Waals surface area (Å²) in [5.41, 5.74) is 0. The Balaban J connectivity index is 3.46. The molecule has 47 valence electrons. The zero-order chi connectivity index (χ0) is 6.57. The highest BCUT2D eigenvalue weighted by Gasteiger charge is 2.09. The smallest absolute Gasteiger partial charge is 0.167 e. The first-order chi connectivity index (χ1) is 3.72. The van der Waals surface area contributed by atoms with E-state index in [-0.39, 0.29) is 11.9 Å². The fourth-order valence-electron chi connectivity index (χ4n) is 0.401. The van der Waals surface area contributed by atoms with E-state index >= 15 is 0 Å². The van der Waals surface area contributed by atoms with E-state index in [1.54, 1.807) is 13.8 Å². The summed E-state index contributed by atoms with van der Waals surface area (Å²) in [6.07, 6.45) is 0.847. The number of carbonyl (C=O) groups is 1. The van der Waals surface area contributed by atoms with E-state index in [1.165, 1.54) is 0 Å². The summed E-state index contributed by atoms with van der Waals surface area (Å²) >= 11 is 0. The van der Waals surface area contributed by atoms with E-state index in [1.807, 2.05) is 0 Å². The van der Waals surface area contributed by atoms with Crippen molar-refractivity contribution in [3.05, 3.63) is 6.10 Å². The van der Waals surface area contributed by atoms with Crippen LogP contribution in [-0.2, 0) is 4.79 Å². The van der Waals surface area contributed by atoms with E-state index in [4.69, 9.17) is 5.11 Å². The highest BCUT2D eigenvalue weighted by molar-refractivity contribution is 5.89. The number of rotatable bonds is 3. The summed E-state index contributed by atoms with van der Waals surface area (Å²) in [6, 6.07) is 0. The van der Waals surface area contributed by atoms with Crippen molar-refractivity contribution in [3.8, 4) is 0 Å². The molecule has 1 radical (unpaired) electrons. The Bertz CT molecular complexity index is 78.6. The van der Waals surface area contributed by atoms with Crippen molar-refractivity contribution < 1.29 is 9.90 Å². The first-order valence-electron chi connectivity index (χ1n) is 2.80. The molecule has 2 nitrogen and oxygen atoms in total. The fourth-order valence-corrected chi connectivity index (χ4v) is 0.401. The number of aliphatic hydroxyl groups is 1. The molecule has 0 aliphatic rings. The number of aliphatic hydroxyl groups excluding tert-OH is 1. The largest absolute Gasteiger partial charge is 0.379 e. The Morgan fingerprint density at radius 2 is 1.88 bits per heavy atom. The number of carbonyl (C=O) groups excluding carboxylic acids is 1. The minimum absolute atomic E-state index is 0.00694. The maximum Gasteiger partial charge on any atom is 0.167 e. The van der Waals surface area contributed by atoms with E-state index in [0.717, 1.165) is 0 Å². The molecule has 0 aromatic rings. The number of Topliss-reactive ketones (excluding diaryl/α,β-unsaturated/α-hetero) is 1. The van der Waals surface area contributed by atoms with E-state index in [0.29, 0.717) is 12.8 Å². The second-order valence-corrected chi connectivity index (χ2v) is 1.58. The first-order valence-corrected chi connectivity index (χ1v) is 2.80. The van der Waals surface area contributed by atoms with Crippen LogP contribution in [-0.4, -0.2) is 10.9 Å². The van der Waals surface area contributed by atoms with E-state index < -0.39 is 0 Å². The van der Waals surface area contributed by atoms with Gasteiger partial charge < -0.3 is 5.11 Å². The van der Waals surface area contributed by atoms with Crippen LogP contribution < -0.4 is 0 Å². The second-order valence-electron chi connectivity index (χ2n) is 1.58. The highest BCUT2D eigenvalue weighted by atomic mass is 16.3. The molecule has 0 aliphatic carbocycles. The zero-order valence-corrected chi connectivity index (χ0v) is 5.27. The Labute approximate surface area is 49.5 Å². The topological polar surface area (TPSA) is 37.3 Å². The molecule has 0 bridgehead atoms. The normalized spacial score (nSPS) is 10.0. The van der Waals surface area contributed by atoms with Crippen LogP contribution in [0.5, 0.6) is 0 Å². The molecule has 2 heteroatoms. The van der Waals surface area contributed by atoms with Crippen molar-refractivity contribution in [2.45, 2.75) is 26.7 Å². The minimum atomic E-state index is -0.146. The van der Waals surface area contributed by atoms with Gasteiger partial charge >= 0.3 is 0 Å². The van der Waals surface area contributed by atoms with Gasteiger partial charge in [0.1, 0.15) is 0 Å². The lowest BCUT2D eigenvalue weighted by atomic mass is 10.1. The summed E-state index contributed by atoms with van der Waals surface area (Å²) in [5.74, 6) is -0.146.